The average molecular weight is 252 g/mol. The summed E-state index contributed by atoms with van der Waals surface area (Å²) in [5, 5.41) is 6.31. The molecule has 1 amide bonds. The van der Waals surface area contributed by atoms with Gasteiger partial charge in [0.2, 0.25) is 5.91 Å². The van der Waals surface area contributed by atoms with Crippen LogP contribution in [0.2, 0.25) is 0 Å². The zero-order valence-corrected chi connectivity index (χ0v) is 11.2. The molecular formula is C14H24N2O2. The Morgan fingerprint density at radius 3 is 3.11 bits per heavy atom. The minimum atomic E-state index is 0.0265. The fourth-order valence-corrected chi connectivity index (χ4v) is 3.08. The van der Waals surface area contributed by atoms with Gasteiger partial charge in [-0.15, -0.1) is 0 Å². The number of hydrogen-bond acceptors (Lipinski definition) is 3. The molecule has 2 fully saturated rings. The van der Waals surface area contributed by atoms with Gasteiger partial charge in [0.05, 0.1) is 19.3 Å². The molecule has 3 atom stereocenters. The monoisotopic (exact) mass is 252 g/mol. The third-order valence-electron chi connectivity index (χ3n) is 3.92. The van der Waals surface area contributed by atoms with Crippen molar-refractivity contribution in [1.82, 2.24) is 10.6 Å². The fourth-order valence-electron chi connectivity index (χ4n) is 3.08. The van der Waals surface area contributed by atoms with Crippen LogP contribution in [0.4, 0.5) is 0 Å². The van der Waals surface area contributed by atoms with E-state index in [1.807, 2.05) is 6.92 Å². The summed E-state index contributed by atoms with van der Waals surface area (Å²) in [6.07, 6.45) is 3.76. The van der Waals surface area contributed by atoms with Crippen LogP contribution in [0.1, 0.15) is 26.2 Å². The molecule has 0 spiro atoms. The van der Waals surface area contributed by atoms with Crippen LogP contribution in [0.25, 0.3) is 0 Å². The molecule has 4 heteroatoms. The van der Waals surface area contributed by atoms with Crippen LogP contribution in [0, 0.1) is 11.8 Å². The Kier molecular flexibility index (Phi) is 4.78. The van der Waals surface area contributed by atoms with Crippen molar-refractivity contribution in [3.05, 3.63) is 12.2 Å². The van der Waals surface area contributed by atoms with E-state index in [0.29, 0.717) is 25.7 Å². The second-order valence-electron chi connectivity index (χ2n) is 5.54. The predicted octanol–water partition coefficient (Wildman–Crippen LogP) is 1.08. The third kappa shape index (κ3) is 3.33. The van der Waals surface area contributed by atoms with E-state index in [2.05, 4.69) is 17.2 Å². The lowest BCUT2D eigenvalue weighted by molar-refractivity contribution is -0.124. The van der Waals surface area contributed by atoms with Gasteiger partial charge in [-0.05, 0) is 38.1 Å². The number of hydrogen-bond donors (Lipinski definition) is 2. The van der Waals surface area contributed by atoms with Crippen LogP contribution in [0.3, 0.4) is 0 Å². The summed E-state index contributed by atoms with van der Waals surface area (Å²) < 4.78 is 5.36. The molecule has 2 aliphatic rings. The highest BCUT2D eigenvalue weighted by atomic mass is 16.5. The molecule has 0 bridgehead atoms. The molecule has 0 aromatic carbocycles. The van der Waals surface area contributed by atoms with Gasteiger partial charge in [0.25, 0.3) is 0 Å². The topological polar surface area (TPSA) is 50.4 Å². The Bertz CT molecular complexity index is 317. The molecule has 1 saturated heterocycles. The van der Waals surface area contributed by atoms with Crippen molar-refractivity contribution in [2.45, 2.75) is 32.2 Å². The van der Waals surface area contributed by atoms with E-state index in [9.17, 15) is 4.79 Å². The molecule has 1 saturated carbocycles. The first-order valence-corrected chi connectivity index (χ1v) is 6.91. The van der Waals surface area contributed by atoms with Gasteiger partial charge in [-0.25, -0.2) is 0 Å². The normalized spacial score (nSPS) is 30.2. The lowest BCUT2D eigenvalue weighted by Crippen LogP contribution is -2.44. The van der Waals surface area contributed by atoms with Crippen molar-refractivity contribution in [1.29, 1.82) is 0 Å². The molecular weight excluding hydrogens is 228 g/mol. The van der Waals surface area contributed by atoms with Gasteiger partial charge < -0.3 is 15.4 Å². The summed E-state index contributed by atoms with van der Waals surface area (Å²) in [5.74, 6) is 1.42. The molecule has 1 aliphatic heterocycles. The molecule has 1 aliphatic carbocycles. The largest absolute Gasteiger partial charge is 0.375 e. The predicted molar refractivity (Wildman–Crippen MR) is 71.3 cm³/mol. The Hall–Kier alpha value is -0.870. The smallest absolute Gasteiger partial charge is 0.237 e. The van der Waals surface area contributed by atoms with Crippen LogP contribution in [-0.2, 0) is 9.53 Å². The van der Waals surface area contributed by atoms with E-state index in [1.165, 1.54) is 19.3 Å². The van der Waals surface area contributed by atoms with E-state index in [0.717, 1.165) is 18.0 Å². The van der Waals surface area contributed by atoms with Gasteiger partial charge in [-0.2, -0.15) is 0 Å². The molecule has 0 aromatic heterocycles. The zero-order valence-electron chi connectivity index (χ0n) is 11.2. The highest BCUT2D eigenvalue weighted by molar-refractivity contribution is 5.82. The lowest BCUT2D eigenvalue weighted by Gasteiger charge is -2.17. The second kappa shape index (κ2) is 6.34. The Morgan fingerprint density at radius 2 is 2.33 bits per heavy atom. The molecule has 2 rings (SSSR count). The van der Waals surface area contributed by atoms with Crippen molar-refractivity contribution in [2.24, 2.45) is 11.8 Å². The van der Waals surface area contributed by atoms with Crippen LogP contribution in [-0.4, -0.2) is 38.3 Å². The van der Waals surface area contributed by atoms with Gasteiger partial charge in [0.15, 0.2) is 0 Å². The molecule has 1 heterocycles. The maximum Gasteiger partial charge on any atom is 0.237 e. The number of ether oxygens (including phenoxy) is 1. The number of nitrogens with one attached hydrogen (secondary N) is 2. The Morgan fingerprint density at radius 1 is 1.50 bits per heavy atom. The summed E-state index contributed by atoms with van der Waals surface area (Å²) in [7, 11) is 0. The quantitative estimate of drug-likeness (QED) is 0.549. The van der Waals surface area contributed by atoms with E-state index < -0.39 is 0 Å². The van der Waals surface area contributed by atoms with E-state index in [4.69, 9.17) is 4.74 Å². The molecule has 2 N–H and O–H groups in total. The van der Waals surface area contributed by atoms with Crippen molar-refractivity contribution in [2.75, 3.05) is 26.3 Å². The van der Waals surface area contributed by atoms with Gasteiger partial charge in [-0.3, -0.25) is 4.79 Å². The van der Waals surface area contributed by atoms with Gasteiger partial charge in [0, 0.05) is 6.54 Å². The van der Waals surface area contributed by atoms with Crippen molar-refractivity contribution in [3.8, 4) is 0 Å². The molecule has 3 unspecified atom stereocenters. The SMILES string of the molecule is C=C(C)COCCNC(=O)C1NCC2CCCC21. The summed E-state index contributed by atoms with van der Waals surface area (Å²) >= 11 is 0. The molecule has 18 heavy (non-hydrogen) atoms. The Labute approximate surface area is 109 Å². The van der Waals surface area contributed by atoms with E-state index in [1.54, 1.807) is 0 Å². The summed E-state index contributed by atoms with van der Waals surface area (Å²) in [6.45, 7) is 8.42. The molecule has 4 nitrogen and oxygen atoms in total. The molecule has 0 radical (unpaired) electrons. The highest BCUT2D eigenvalue weighted by Gasteiger charge is 2.42. The van der Waals surface area contributed by atoms with Crippen LogP contribution < -0.4 is 10.6 Å². The molecule has 102 valence electrons. The number of rotatable bonds is 6. The molecule has 0 aromatic rings. The van der Waals surface area contributed by atoms with Crippen LogP contribution >= 0.6 is 0 Å². The van der Waals surface area contributed by atoms with Crippen LogP contribution in [0.15, 0.2) is 12.2 Å². The van der Waals surface area contributed by atoms with Gasteiger partial charge in [-0.1, -0.05) is 18.6 Å². The number of carbonyl (C=O) groups excluding carboxylic acids is 1. The maximum absolute atomic E-state index is 12.0. The summed E-state index contributed by atoms with van der Waals surface area (Å²) in [6, 6.07) is 0.0265. The summed E-state index contributed by atoms with van der Waals surface area (Å²) in [4.78, 5) is 12.0. The van der Waals surface area contributed by atoms with Crippen molar-refractivity contribution in [3.63, 3.8) is 0 Å². The number of fused-ring (bicyclic) bond motifs is 1. The standard InChI is InChI=1S/C14H24N2O2/c1-10(2)9-18-7-6-15-14(17)13-12-5-3-4-11(12)8-16-13/h11-13,16H,1,3-9H2,2H3,(H,15,17). The third-order valence-corrected chi connectivity index (χ3v) is 3.92. The lowest BCUT2D eigenvalue weighted by atomic mass is 9.94. The van der Waals surface area contributed by atoms with E-state index >= 15 is 0 Å². The minimum Gasteiger partial charge on any atom is -0.375 e. The summed E-state index contributed by atoms with van der Waals surface area (Å²) in [5.41, 5.74) is 1.01. The number of amides is 1. The first-order chi connectivity index (χ1) is 8.68. The minimum absolute atomic E-state index is 0.0265. The van der Waals surface area contributed by atoms with E-state index in [-0.39, 0.29) is 11.9 Å². The maximum atomic E-state index is 12.0. The number of carbonyl (C=O) groups is 1. The first-order valence-electron chi connectivity index (χ1n) is 6.91. The highest BCUT2D eigenvalue weighted by Crippen LogP contribution is 2.37. The second-order valence-corrected chi connectivity index (χ2v) is 5.54. The first kappa shape index (κ1) is 13.6. The zero-order chi connectivity index (χ0) is 13.0. The fraction of sp³-hybridized carbons (Fsp3) is 0.786. The van der Waals surface area contributed by atoms with Gasteiger partial charge >= 0.3 is 0 Å². The van der Waals surface area contributed by atoms with Crippen molar-refractivity contribution >= 4 is 5.91 Å². The van der Waals surface area contributed by atoms with Gasteiger partial charge in [0.1, 0.15) is 0 Å². The van der Waals surface area contributed by atoms with Crippen molar-refractivity contribution < 1.29 is 9.53 Å². The van der Waals surface area contributed by atoms with Crippen LogP contribution in [0.5, 0.6) is 0 Å². The Balaban J connectivity index is 1.64. The average Bonchev–Trinajstić information content (AvgIpc) is 2.89.